The number of nitriles is 1. The summed E-state index contributed by atoms with van der Waals surface area (Å²) in [5.74, 6) is -0.174. The fourth-order valence-electron chi connectivity index (χ4n) is 3.41. The number of aromatic nitrogens is 1. The molecule has 1 unspecified atom stereocenters. The molecule has 26 heavy (non-hydrogen) atoms. The van der Waals surface area contributed by atoms with Crippen molar-refractivity contribution < 1.29 is 4.74 Å². The van der Waals surface area contributed by atoms with E-state index in [1.54, 1.807) is 18.2 Å². The molecule has 0 saturated heterocycles. The third kappa shape index (κ3) is 2.30. The maximum Gasteiger partial charge on any atom is 0.252 e. The van der Waals surface area contributed by atoms with Crippen LogP contribution in [0, 0.1) is 18.3 Å². The number of rotatable bonds is 1. The van der Waals surface area contributed by atoms with Gasteiger partial charge in [-0.15, -0.1) is 0 Å². The van der Waals surface area contributed by atoms with E-state index in [0.29, 0.717) is 22.6 Å². The summed E-state index contributed by atoms with van der Waals surface area (Å²) < 4.78 is 5.56. The molecular formula is C20H16N4O2. The van der Waals surface area contributed by atoms with Crippen LogP contribution in [0.15, 0.2) is 58.7 Å². The minimum Gasteiger partial charge on any atom is -0.440 e. The number of para-hydroxylation sites is 1. The number of hydrogen-bond donors (Lipinski definition) is 3. The summed E-state index contributed by atoms with van der Waals surface area (Å²) in [4.78, 5) is 15.8. The number of nitrogens with zero attached hydrogens (tertiary/aromatic N) is 1. The predicted octanol–water partition coefficient (Wildman–Crippen LogP) is 2.64. The Labute approximate surface area is 149 Å². The van der Waals surface area contributed by atoms with Gasteiger partial charge < -0.3 is 21.2 Å². The molecule has 1 aliphatic rings. The summed E-state index contributed by atoms with van der Waals surface area (Å²) in [5.41, 5.74) is 15.1. The molecule has 6 heteroatoms. The van der Waals surface area contributed by atoms with Crippen molar-refractivity contribution in [3.63, 3.8) is 0 Å². The Bertz CT molecular complexity index is 1180. The zero-order valence-corrected chi connectivity index (χ0v) is 14.0. The molecule has 2 aromatic carbocycles. The number of pyridine rings is 1. The van der Waals surface area contributed by atoms with E-state index in [9.17, 15) is 10.1 Å². The molecule has 4 rings (SSSR count). The van der Waals surface area contributed by atoms with Crippen LogP contribution in [0.4, 0.5) is 5.69 Å². The number of H-pyrrole nitrogens is 1. The molecule has 128 valence electrons. The lowest BCUT2D eigenvalue weighted by molar-refractivity contribution is 0.394. The predicted molar refractivity (Wildman–Crippen MR) is 99.5 cm³/mol. The lowest BCUT2D eigenvalue weighted by Crippen LogP contribution is -2.25. The summed E-state index contributed by atoms with van der Waals surface area (Å²) in [5, 5.41) is 10.5. The largest absolute Gasteiger partial charge is 0.440 e. The first-order valence-corrected chi connectivity index (χ1v) is 8.09. The van der Waals surface area contributed by atoms with Crippen LogP contribution in [0.25, 0.3) is 10.9 Å². The summed E-state index contributed by atoms with van der Waals surface area (Å²) in [6.45, 7) is 1.93. The molecule has 6 nitrogen and oxygen atoms in total. The van der Waals surface area contributed by atoms with E-state index >= 15 is 0 Å². The number of benzene rings is 2. The van der Waals surface area contributed by atoms with E-state index in [0.717, 1.165) is 16.5 Å². The number of nitrogens with two attached hydrogens (primary N) is 2. The van der Waals surface area contributed by atoms with E-state index in [-0.39, 0.29) is 17.0 Å². The second kappa shape index (κ2) is 5.67. The van der Waals surface area contributed by atoms with Crippen molar-refractivity contribution in [3.05, 3.63) is 81.0 Å². The van der Waals surface area contributed by atoms with Gasteiger partial charge >= 0.3 is 0 Å². The van der Waals surface area contributed by atoms with Crippen LogP contribution >= 0.6 is 0 Å². The first-order valence-electron chi connectivity index (χ1n) is 8.09. The molecule has 0 bridgehead atoms. The molecule has 1 atom stereocenters. The molecule has 3 aromatic rings. The highest BCUT2D eigenvalue weighted by Gasteiger charge is 2.32. The van der Waals surface area contributed by atoms with Crippen molar-refractivity contribution in [2.24, 2.45) is 5.73 Å². The van der Waals surface area contributed by atoms with Crippen LogP contribution in [0.1, 0.15) is 22.6 Å². The van der Waals surface area contributed by atoms with Gasteiger partial charge in [0, 0.05) is 22.9 Å². The second-order valence-electron chi connectivity index (χ2n) is 6.32. The minimum atomic E-state index is -0.613. The molecule has 5 N–H and O–H groups in total. The molecule has 1 aliphatic heterocycles. The standard InChI is InChI=1S/C20H16N4O2/c1-10-3-2-4-11-7-14(20(25)24-18(10)11)17-13-6-5-12(22)8-16(13)26-19(23)15(17)9-21/h2-8,17H,22-23H2,1H3,(H,24,25). The van der Waals surface area contributed by atoms with Gasteiger partial charge in [0.05, 0.1) is 11.4 Å². The van der Waals surface area contributed by atoms with Crippen LogP contribution in [-0.2, 0) is 0 Å². The van der Waals surface area contributed by atoms with Gasteiger partial charge in [0.1, 0.15) is 17.4 Å². The Morgan fingerprint density at radius 2 is 1.96 bits per heavy atom. The molecule has 1 aromatic heterocycles. The van der Waals surface area contributed by atoms with Gasteiger partial charge in [0.15, 0.2) is 0 Å². The zero-order valence-electron chi connectivity index (χ0n) is 14.0. The van der Waals surface area contributed by atoms with E-state index in [4.69, 9.17) is 16.2 Å². The lowest BCUT2D eigenvalue weighted by atomic mass is 9.83. The SMILES string of the molecule is Cc1cccc2cc(C3C(C#N)=C(N)Oc4cc(N)ccc43)c(=O)[nH]c12. The number of nitrogens with one attached hydrogen (secondary N) is 1. The van der Waals surface area contributed by atoms with Gasteiger partial charge in [-0.1, -0.05) is 24.3 Å². The van der Waals surface area contributed by atoms with Crippen molar-refractivity contribution in [1.82, 2.24) is 4.98 Å². The van der Waals surface area contributed by atoms with Crippen LogP contribution in [0.3, 0.4) is 0 Å². The van der Waals surface area contributed by atoms with Crippen molar-refractivity contribution in [2.75, 3.05) is 5.73 Å². The average molecular weight is 344 g/mol. The lowest BCUT2D eigenvalue weighted by Gasteiger charge is -2.26. The Morgan fingerprint density at radius 1 is 1.15 bits per heavy atom. The molecule has 0 aliphatic carbocycles. The number of allylic oxidation sites excluding steroid dienone is 1. The summed E-state index contributed by atoms with van der Waals surface area (Å²) >= 11 is 0. The van der Waals surface area contributed by atoms with Gasteiger partial charge in [-0.05, 0) is 30.0 Å². The number of hydrogen-bond acceptors (Lipinski definition) is 5. The summed E-state index contributed by atoms with van der Waals surface area (Å²) in [6, 6.07) is 14.8. The zero-order chi connectivity index (χ0) is 18.4. The number of anilines is 1. The van der Waals surface area contributed by atoms with Gasteiger partial charge in [-0.3, -0.25) is 4.79 Å². The summed E-state index contributed by atoms with van der Waals surface area (Å²) in [7, 11) is 0. The van der Waals surface area contributed by atoms with Crippen LogP contribution in [-0.4, -0.2) is 4.98 Å². The van der Waals surface area contributed by atoms with Crippen molar-refractivity contribution in [1.29, 1.82) is 5.26 Å². The van der Waals surface area contributed by atoms with Gasteiger partial charge in [-0.2, -0.15) is 5.26 Å². The normalized spacial score (nSPS) is 16.1. The topological polar surface area (TPSA) is 118 Å². The number of fused-ring (bicyclic) bond motifs is 2. The monoisotopic (exact) mass is 344 g/mol. The number of ether oxygens (including phenoxy) is 1. The first-order chi connectivity index (χ1) is 12.5. The Kier molecular flexibility index (Phi) is 3.44. The Balaban J connectivity index is 2.03. The molecule has 0 radical (unpaired) electrons. The second-order valence-corrected chi connectivity index (χ2v) is 6.32. The van der Waals surface area contributed by atoms with E-state index < -0.39 is 5.92 Å². The molecule has 0 amide bonds. The van der Waals surface area contributed by atoms with Crippen LogP contribution in [0.2, 0.25) is 0 Å². The van der Waals surface area contributed by atoms with Crippen LogP contribution in [0.5, 0.6) is 5.75 Å². The van der Waals surface area contributed by atoms with Crippen molar-refractivity contribution in [2.45, 2.75) is 12.8 Å². The molecule has 0 saturated carbocycles. The number of nitrogen functional groups attached to an aromatic ring is 1. The third-order valence-electron chi connectivity index (χ3n) is 4.67. The van der Waals surface area contributed by atoms with E-state index in [2.05, 4.69) is 11.1 Å². The third-order valence-corrected chi connectivity index (χ3v) is 4.67. The fourth-order valence-corrected chi connectivity index (χ4v) is 3.41. The molecule has 2 heterocycles. The maximum atomic E-state index is 12.8. The van der Waals surface area contributed by atoms with Gasteiger partial charge in [0.2, 0.25) is 5.88 Å². The highest BCUT2D eigenvalue weighted by Crippen LogP contribution is 2.42. The quantitative estimate of drug-likeness (QED) is 0.587. The first kappa shape index (κ1) is 15.8. The van der Waals surface area contributed by atoms with E-state index in [1.165, 1.54) is 0 Å². The number of aromatic amines is 1. The highest BCUT2D eigenvalue weighted by atomic mass is 16.5. The van der Waals surface area contributed by atoms with Gasteiger partial charge in [-0.25, -0.2) is 0 Å². The van der Waals surface area contributed by atoms with Crippen molar-refractivity contribution in [3.8, 4) is 11.8 Å². The van der Waals surface area contributed by atoms with Gasteiger partial charge in [0.25, 0.3) is 5.56 Å². The van der Waals surface area contributed by atoms with Crippen LogP contribution < -0.4 is 21.8 Å². The Morgan fingerprint density at radius 3 is 2.73 bits per heavy atom. The smallest absolute Gasteiger partial charge is 0.252 e. The molecule has 0 fully saturated rings. The molecular weight excluding hydrogens is 328 g/mol. The maximum absolute atomic E-state index is 12.8. The number of aryl methyl sites for hydroxylation is 1. The average Bonchev–Trinajstić information content (AvgIpc) is 2.61. The fraction of sp³-hybridized carbons (Fsp3) is 0.100. The Hall–Kier alpha value is -3.72. The highest BCUT2D eigenvalue weighted by molar-refractivity contribution is 5.82. The minimum absolute atomic E-state index is 0.0145. The molecule has 0 spiro atoms. The van der Waals surface area contributed by atoms with E-state index in [1.807, 2.05) is 31.2 Å². The summed E-state index contributed by atoms with van der Waals surface area (Å²) in [6.07, 6.45) is 0. The van der Waals surface area contributed by atoms with Crippen molar-refractivity contribution >= 4 is 16.6 Å².